The Bertz CT molecular complexity index is 596. The molecule has 2 aromatic rings. The van der Waals surface area contributed by atoms with Crippen molar-refractivity contribution in [3.63, 3.8) is 0 Å². The summed E-state index contributed by atoms with van der Waals surface area (Å²) in [7, 11) is 0. The first-order chi connectivity index (χ1) is 9.97. The van der Waals surface area contributed by atoms with Crippen molar-refractivity contribution in [2.24, 2.45) is 0 Å². The van der Waals surface area contributed by atoms with Gasteiger partial charge >= 0.3 is 6.18 Å². The Balaban J connectivity index is 1.90. The van der Waals surface area contributed by atoms with E-state index in [0.717, 1.165) is 17.3 Å². The zero-order valence-electron chi connectivity index (χ0n) is 11.6. The van der Waals surface area contributed by atoms with Crippen LogP contribution in [0.25, 0.3) is 0 Å². The van der Waals surface area contributed by atoms with Gasteiger partial charge in [-0.15, -0.1) is 0 Å². The van der Waals surface area contributed by atoms with Crippen molar-refractivity contribution >= 4 is 5.69 Å². The summed E-state index contributed by atoms with van der Waals surface area (Å²) in [6.07, 6.45) is -4.40. The Kier molecular flexibility index (Phi) is 4.73. The Morgan fingerprint density at radius 1 is 1.05 bits per heavy atom. The molecule has 0 aliphatic carbocycles. The second kappa shape index (κ2) is 6.52. The van der Waals surface area contributed by atoms with Gasteiger partial charge in [-0.25, -0.2) is 0 Å². The SMILES string of the molecule is Cc1cccc(NCCOc2ccccc2C(F)(F)F)c1. The second-order valence-corrected chi connectivity index (χ2v) is 4.64. The van der Waals surface area contributed by atoms with Crippen LogP contribution in [0.5, 0.6) is 5.75 Å². The molecule has 0 aromatic heterocycles. The smallest absolute Gasteiger partial charge is 0.419 e. The number of aryl methyl sites for hydroxylation is 1. The summed E-state index contributed by atoms with van der Waals surface area (Å²) in [6.45, 7) is 2.55. The summed E-state index contributed by atoms with van der Waals surface area (Å²) in [5, 5.41) is 3.11. The van der Waals surface area contributed by atoms with Gasteiger partial charge in [0.15, 0.2) is 0 Å². The van der Waals surface area contributed by atoms with Gasteiger partial charge < -0.3 is 10.1 Å². The molecule has 0 aliphatic rings. The number of hydrogen-bond donors (Lipinski definition) is 1. The molecule has 112 valence electrons. The summed E-state index contributed by atoms with van der Waals surface area (Å²) < 4.78 is 43.5. The van der Waals surface area contributed by atoms with E-state index in [2.05, 4.69) is 5.32 Å². The van der Waals surface area contributed by atoms with E-state index in [-0.39, 0.29) is 12.4 Å². The number of nitrogens with one attached hydrogen (secondary N) is 1. The number of ether oxygens (including phenoxy) is 1. The highest BCUT2D eigenvalue weighted by molar-refractivity contribution is 5.45. The Hall–Kier alpha value is -2.17. The third-order valence-corrected chi connectivity index (χ3v) is 2.90. The lowest BCUT2D eigenvalue weighted by Crippen LogP contribution is -2.14. The van der Waals surface area contributed by atoms with Crippen molar-refractivity contribution in [1.29, 1.82) is 0 Å². The van der Waals surface area contributed by atoms with Gasteiger partial charge in [0, 0.05) is 12.2 Å². The predicted molar refractivity (Wildman–Crippen MR) is 76.6 cm³/mol. The number of para-hydroxylation sites is 1. The van der Waals surface area contributed by atoms with E-state index >= 15 is 0 Å². The molecule has 0 atom stereocenters. The standard InChI is InChI=1S/C16H16F3NO/c1-12-5-4-6-13(11-12)20-9-10-21-15-8-3-2-7-14(15)16(17,18)19/h2-8,11,20H,9-10H2,1H3. The third-order valence-electron chi connectivity index (χ3n) is 2.90. The lowest BCUT2D eigenvalue weighted by molar-refractivity contribution is -0.138. The van der Waals surface area contributed by atoms with Gasteiger partial charge in [0.25, 0.3) is 0 Å². The van der Waals surface area contributed by atoms with Gasteiger partial charge in [0.1, 0.15) is 12.4 Å². The number of benzene rings is 2. The molecular formula is C16H16F3NO. The lowest BCUT2D eigenvalue weighted by Gasteiger charge is -2.14. The van der Waals surface area contributed by atoms with E-state index in [0.29, 0.717) is 6.54 Å². The maximum atomic E-state index is 12.8. The first-order valence-electron chi connectivity index (χ1n) is 6.56. The van der Waals surface area contributed by atoms with Crippen molar-refractivity contribution < 1.29 is 17.9 Å². The van der Waals surface area contributed by atoms with Crippen molar-refractivity contribution in [2.75, 3.05) is 18.5 Å². The summed E-state index contributed by atoms with van der Waals surface area (Å²) in [6, 6.07) is 13.0. The van der Waals surface area contributed by atoms with Crippen LogP contribution in [0, 0.1) is 6.92 Å². The maximum Gasteiger partial charge on any atom is 0.419 e. The Labute approximate surface area is 121 Å². The molecule has 0 amide bonds. The average molecular weight is 295 g/mol. The summed E-state index contributed by atoms with van der Waals surface area (Å²) in [5.74, 6) is -0.143. The van der Waals surface area contributed by atoms with Crippen LogP contribution in [0.2, 0.25) is 0 Å². The highest BCUT2D eigenvalue weighted by Gasteiger charge is 2.33. The third kappa shape index (κ3) is 4.41. The summed E-state index contributed by atoms with van der Waals surface area (Å²) in [5.41, 5.74) is 1.28. The molecule has 21 heavy (non-hydrogen) atoms. The Morgan fingerprint density at radius 2 is 1.81 bits per heavy atom. The zero-order chi connectivity index (χ0) is 15.3. The van der Waals surface area contributed by atoms with E-state index in [1.165, 1.54) is 18.2 Å². The fraction of sp³-hybridized carbons (Fsp3) is 0.250. The number of halogens is 3. The van der Waals surface area contributed by atoms with Crippen LogP contribution in [0.3, 0.4) is 0 Å². The largest absolute Gasteiger partial charge is 0.491 e. The molecule has 0 saturated heterocycles. The molecule has 2 nitrogen and oxygen atoms in total. The number of rotatable bonds is 5. The van der Waals surface area contributed by atoms with E-state index in [4.69, 9.17) is 4.74 Å². The number of anilines is 1. The van der Waals surface area contributed by atoms with Gasteiger partial charge in [0.2, 0.25) is 0 Å². The molecule has 0 unspecified atom stereocenters. The number of hydrogen-bond acceptors (Lipinski definition) is 2. The molecule has 0 aliphatic heterocycles. The van der Waals surface area contributed by atoms with Gasteiger partial charge in [-0.2, -0.15) is 13.2 Å². The molecule has 0 heterocycles. The minimum atomic E-state index is -4.40. The molecule has 0 radical (unpaired) electrons. The minimum Gasteiger partial charge on any atom is -0.491 e. The molecule has 2 aromatic carbocycles. The molecular weight excluding hydrogens is 279 g/mol. The first-order valence-corrected chi connectivity index (χ1v) is 6.56. The average Bonchev–Trinajstić information content (AvgIpc) is 2.43. The quantitative estimate of drug-likeness (QED) is 0.820. The molecule has 0 fully saturated rings. The fourth-order valence-electron chi connectivity index (χ4n) is 1.94. The van der Waals surface area contributed by atoms with Gasteiger partial charge in [-0.3, -0.25) is 0 Å². The molecule has 0 bridgehead atoms. The molecule has 0 saturated carbocycles. The monoisotopic (exact) mass is 295 g/mol. The molecule has 2 rings (SSSR count). The van der Waals surface area contributed by atoms with Gasteiger partial charge in [-0.1, -0.05) is 24.3 Å². The lowest BCUT2D eigenvalue weighted by atomic mass is 10.2. The van der Waals surface area contributed by atoms with Crippen LogP contribution in [0.15, 0.2) is 48.5 Å². The highest BCUT2D eigenvalue weighted by Crippen LogP contribution is 2.35. The normalized spacial score (nSPS) is 11.2. The fourth-order valence-corrected chi connectivity index (χ4v) is 1.94. The van der Waals surface area contributed by atoms with Gasteiger partial charge in [0.05, 0.1) is 5.56 Å². The molecule has 0 spiro atoms. The van der Waals surface area contributed by atoms with Gasteiger partial charge in [-0.05, 0) is 36.8 Å². The topological polar surface area (TPSA) is 21.3 Å². The van der Waals surface area contributed by atoms with Crippen LogP contribution < -0.4 is 10.1 Å². The van der Waals surface area contributed by atoms with Crippen molar-refractivity contribution in [2.45, 2.75) is 13.1 Å². The van der Waals surface area contributed by atoms with Crippen LogP contribution >= 0.6 is 0 Å². The zero-order valence-corrected chi connectivity index (χ0v) is 11.6. The first kappa shape index (κ1) is 15.2. The van der Waals surface area contributed by atoms with E-state index < -0.39 is 11.7 Å². The Morgan fingerprint density at radius 3 is 2.52 bits per heavy atom. The summed E-state index contributed by atoms with van der Waals surface area (Å²) in [4.78, 5) is 0. The van der Waals surface area contributed by atoms with E-state index in [9.17, 15) is 13.2 Å². The van der Waals surface area contributed by atoms with Crippen LogP contribution in [0.1, 0.15) is 11.1 Å². The molecule has 1 N–H and O–H groups in total. The second-order valence-electron chi connectivity index (χ2n) is 4.64. The maximum absolute atomic E-state index is 12.8. The highest BCUT2D eigenvalue weighted by atomic mass is 19.4. The minimum absolute atomic E-state index is 0.143. The van der Waals surface area contributed by atoms with E-state index in [1.54, 1.807) is 0 Å². The summed E-state index contributed by atoms with van der Waals surface area (Å²) >= 11 is 0. The molecule has 5 heteroatoms. The van der Waals surface area contributed by atoms with Crippen molar-refractivity contribution in [3.8, 4) is 5.75 Å². The van der Waals surface area contributed by atoms with Crippen LogP contribution in [0.4, 0.5) is 18.9 Å². The number of alkyl halides is 3. The van der Waals surface area contributed by atoms with E-state index in [1.807, 2.05) is 31.2 Å². The van der Waals surface area contributed by atoms with Crippen LogP contribution in [-0.2, 0) is 6.18 Å². The predicted octanol–water partition coefficient (Wildman–Crippen LogP) is 4.50. The van der Waals surface area contributed by atoms with Crippen molar-refractivity contribution in [1.82, 2.24) is 0 Å². The van der Waals surface area contributed by atoms with Crippen molar-refractivity contribution in [3.05, 3.63) is 59.7 Å². The van der Waals surface area contributed by atoms with Crippen LogP contribution in [-0.4, -0.2) is 13.2 Å².